The second-order valence-corrected chi connectivity index (χ2v) is 3.03. The van der Waals surface area contributed by atoms with Crippen LogP contribution >= 0.6 is 0 Å². The Bertz CT molecular complexity index is 269. The molecule has 0 rings (SSSR count). The van der Waals surface area contributed by atoms with E-state index in [4.69, 9.17) is 0 Å². The molecule has 0 heterocycles. The summed E-state index contributed by atoms with van der Waals surface area (Å²) in [6.45, 7) is 1.86. The first-order valence-corrected chi connectivity index (χ1v) is 4.77. The number of carbonyl (C=O) groups is 2. The fraction of sp³-hybridized carbons (Fsp3) is 0.778. The number of alkyl halides is 4. The van der Waals surface area contributed by atoms with Crippen molar-refractivity contribution in [1.29, 1.82) is 0 Å². The van der Waals surface area contributed by atoms with Gasteiger partial charge in [0.2, 0.25) is 0 Å². The summed E-state index contributed by atoms with van der Waals surface area (Å²) in [7, 11) is 0. The maximum atomic E-state index is 13.8. The maximum Gasteiger partial charge on any atom is 0.393 e. The Morgan fingerprint density at radius 1 is 0.941 bits per heavy atom. The summed E-state index contributed by atoms with van der Waals surface area (Å²) in [4.78, 5) is 22.1. The molecule has 8 heteroatoms. The lowest BCUT2D eigenvalue weighted by atomic mass is 10.0. The van der Waals surface area contributed by atoms with Crippen LogP contribution in [0, 0.1) is 0 Å². The van der Waals surface area contributed by atoms with Gasteiger partial charge >= 0.3 is 23.8 Å². The molecule has 0 atom stereocenters. The van der Waals surface area contributed by atoms with Crippen molar-refractivity contribution in [1.82, 2.24) is 0 Å². The van der Waals surface area contributed by atoms with Crippen LogP contribution in [0.1, 0.15) is 20.3 Å². The second-order valence-electron chi connectivity index (χ2n) is 3.03. The Hall–Kier alpha value is -1.34. The van der Waals surface area contributed by atoms with E-state index >= 15 is 0 Å². The summed E-state index contributed by atoms with van der Waals surface area (Å²) in [5.74, 6) is -3.79. The summed E-state index contributed by atoms with van der Waals surface area (Å²) in [6.07, 6.45) is -7.30. The molecule has 0 aliphatic carbocycles. The Morgan fingerprint density at radius 2 is 1.29 bits per heavy atom. The van der Waals surface area contributed by atoms with Crippen LogP contribution in [-0.4, -0.2) is 37.0 Å². The molecule has 4 nitrogen and oxygen atoms in total. The molecule has 0 unspecified atom stereocenters. The van der Waals surface area contributed by atoms with Crippen molar-refractivity contribution in [2.24, 2.45) is 0 Å². The van der Waals surface area contributed by atoms with Crippen LogP contribution in [0.5, 0.6) is 0 Å². The van der Waals surface area contributed by atoms with Gasteiger partial charge in [0.05, 0.1) is 19.6 Å². The van der Waals surface area contributed by atoms with Crippen molar-refractivity contribution in [2.75, 3.05) is 13.2 Å². The fourth-order valence-corrected chi connectivity index (χ4v) is 0.995. The van der Waals surface area contributed by atoms with E-state index in [1.54, 1.807) is 0 Å². The van der Waals surface area contributed by atoms with Gasteiger partial charge in [0.15, 0.2) is 0 Å². The van der Waals surface area contributed by atoms with E-state index in [9.17, 15) is 27.2 Å². The molecule has 0 bridgehead atoms. The summed E-state index contributed by atoms with van der Waals surface area (Å²) in [6, 6.07) is 0. The molecule has 0 aromatic rings. The predicted octanol–water partition coefficient (Wildman–Crippen LogP) is 1.77. The highest BCUT2D eigenvalue weighted by atomic mass is 19.4. The van der Waals surface area contributed by atoms with Gasteiger partial charge in [0.1, 0.15) is 0 Å². The van der Waals surface area contributed by atoms with E-state index in [0.29, 0.717) is 0 Å². The predicted molar refractivity (Wildman–Crippen MR) is 47.8 cm³/mol. The first-order chi connectivity index (χ1) is 7.67. The lowest BCUT2D eigenvalue weighted by molar-refractivity contribution is -0.198. The van der Waals surface area contributed by atoms with Crippen LogP contribution < -0.4 is 0 Å². The van der Waals surface area contributed by atoms with Crippen LogP contribution in [-0.2, 0) is 19.1 Å². The molecule has 0 aliphatic heterocycles. The highest BCUT2D eigenvalue weighted by molar-refractivity contribution is 6.03. The molecule has 17 heavy (non-hydrogen) atoms. The van der Waals surface area contributed by atoms with E-state index in [0.717, 1.165) is 0 Å². The zero-order chi connectivity index (χ0) is 13.7. The molecule has 0 radical (unpaired) electrons. The first kappa shape index (κ1) is 15.7. The summed E-state index contributed by atoms with van der Waals surface area (Å²) in [5, 5.41) is 0. The zero-order valence-electron chi connectivity index (χ0n) is 9.27. The highest BCUT2D eigenvalue weighted by Gasteiger charge is 2.56. The van der Waals surface area contributed by atoms with Crippen LogP contribution in [0.4, 0.5) is 17.6 Å². The average molecular weight is 260 g/mol. The fourth-order valence-electron chi connectivity index (χ4n) is 0.995. The van der Waals surface area contributed by atoms with Gasteiger partial charge in [-0.15, -0.1) is 0 Å². The van der Waals surface area contributed by atoms with Crippen LogP contribution in [0.15, 0.2) is 0 Å². The summed E-state index contributed by atoms with van der Waals surface area (Å²) < 4.78 is 58.3. The monoisotopic (exact) mass is 260 g/mol. The van der Waals surface area contributed by atoms with Gasteiger partial charge in [-0.1, -0.05) is 0 Å². The third kappa shape index (κ3) is 4.58. The van der Waals surface area contributed by atoms with Gasteiger partial charge < -0.3 is 9.47 Å². The minimum atomic E-state index is -5.03. The molecule has 0 spiro atoms. The minimum absolute atomic E-state index is 0.345. The van der Waals surface area contributed by atoms with Gasteiger partial charge in [0.25, 0.3) is 0 Å². The molecule has 0 fully saturated rings. The summed E-state index contributed by atoms with van der Waals surface area (Å²) in [5.41, 5.74) is -3.84. The van der Waals surface area contributed by atoms with Gasteiger partial charge in [-0.3, -0.25) is 0 Å². The van der Waals surface area contributed by atoms with Gasteiger partial charge in [-0.05, 0) is 13.8 Å². The van der Waals surface area contributed by atoms with Gasteiger partial charge in [-0.25, -0.2) is 14.0 Å². The van der Waals surface area contributed by atoms with E-state index in [1.165, 1.54) is 13.8 Å². The Morgan fingerprint density at radius 3 is 1.53 bits per heavy atom. The van der Waals surface area contributed by atoms with Gasteiger partial charge in [0, 0.05) is 0 Å². The lowest BCUT2D eigenvalue weighted by Gasteiger charge is -2.22. The number of hydrogen-bond donors (Lipinski definition) is 0. The third-order valence-electron chi connectivity index (χ3n) is 1.64. The molecule has 0 saturated heterocycles. The van der Waals surface area contributed by atoms with Crippen LogP contribution in [0.2, 0.25) is 0 Å². The van der Waals surface area contributed by atoms with Crippen LogP contribution in [0.3, 0.4) is 0 Å². The number of esters is 2. The number of hydrogen-bond acceptors (Lipinski definition) is 4. The molecule has 0 amide bonds. The highest BCUT2D eigenvalue weighted by Crippen LogP contribution is 2.32. The minimum Gasteiger partial charge on any atom is -0.463 e. The molecule has 0 saturated carbocycles. The van der Waals surface area contributed by atoms with E-state index in [2.05, 4.69) is 9.47 Å². The van der Waals surface area contributed by atoms with Crippen molar-refractivity contribution >= 4 is 11.9 Å². The lowest BCUT2D eigenvalue weighted by Crippen LogP contribution is -2.48. The summed E-state index contributed by atoms with van der Waals surface area (Å²) >= 11 is 0. The molecular formula is C9H12F4O4. The Labute approximate surface area is 94.9 Å². The topological polar surface area (TPSA) is 52.6 Å². The number of rotatable bonds is 5. The molecule has 100 valence electrons. The molecule has 0 aromatic heterocycles. The quantitative estimate of drug-likeness (QED) is 0.429. The Balaban J connectivity index is 5.06. The number of halogens is 4. The van der Waals surface area contributed by atoms with Crippen molar-refractivity contribution in [2.45, 2.75) is 32.1 Å². The molecule has 0 N–H and O–H groups in total. The molecule has 0 aliphatic rings. The average Bonchev–Trinajstić information content (AvgIpc) is 2.15. The molecule has 0 aromatic carbocycles. The second kappa shape index (κ2) is 5.83. The molecular weight excluding hydrogens is 248 g/mol. The van der Waals surface area contributed by atoms with E-state index in [-0.39, 0.29) is 13.2 Å². The van der Waals surface area contributed by atoms with Gasteiger partial charge in [-0.2, -0.15) is 13.2 Å². The largest absolute Gasteiger partial charge is 0.463 e. The van der Waals surface area contributed by atoms with Crippen molar-refractivity contribution in [3.8, 4) is 0 Å². The van der Waals surface area contributed by atoms with Crippen molar-refractivity contribution in [3.63, 3.8) is 0 Å². The first-order valence-electron chi connectivity index (χ1n) is 4.77. The smallest absolute Gasteiger partial charge is 0.393 e. The third-order valence-corrected chi connectivity index (χ3v) is 1.64. The maximum absolute atomic E-state index is 13.8. The number of carbonyl (C=O) groups excluding carboxylic acids is 2. The normalized spacial score (nSPS) is 12.1. The van der Waals surface area contributed by atoms with Crippen molar-refractivity contribution in [3.05, 3.63) is 0 Å². The van der Waals surface area contributed by atoms with Crippen LogP contribution in [0.25, 0.3) is 0 Å². The standard InChI is InChI=1S/C9H12F4O4/c1-3-16-6(14)8(10,5-9(11,12)13)7(15)17-4-2/h3-5H2,1-2H3. The number of ether oxygens (including phenoxy) is 2. The van der Waals surface area contributed by atoms with Crippen molar-refractivity contribution < 1.29 is 36.6 Å². The Kier molecular flexibility index (Phi) is 5.37. The SMILES string of the molecule is CCOC(=O)C(F)(CC(F)(F)F)C(=O)OCC. The van der Waals surface area contributed by atoms with E-state index in [1.807, 2.05) is 0 Å². The van der Waals surface area contributed by atoms with E-state index < -0.39 is 30.2 Å². The zero-order valence-corrected chi connectivity index (χ0v) is 9.27.